The molecule has 4 amide bonds. The number of hydrogen-bond donors (Lipinski definition) is 2. The van der Waals surface area contributed by atoms with Gasteiger partial charge >= 0.3 is 0 Å². The molecule has 8 heteroatoms. The fraction of sp³-hybridized carbons (Fsp3) is 0.405. The standard InChI is InChI=1S/C12H7NO2.C11H9NO2.C6H15N.C4H10.C3H9N.CH4/c14-11-8-5-1-3-7-4-2-6-9(10(7)8)12(15)13-11;1-6-4-3-5-8-9(6)7(2)10(13)12-11(8)14;1-6(2,3)7(4)5;2*1-4(2)3;/h1-6H,(H,13,14,15);3-5H,2H2,1H3,(H,12,13,14);1-5H3;4H,1-3H3;1-3H3;1H4. The van der Waals surface area contributed by atoms with Crippen LogP contribution in [0.4, 0.5) is 0 Å². The molecule has 2 heterocycles. The molecule has 8 nitrogen and oxygen atoms in total. The van der Waals surface area contributed by atoms with Crippen molar-refractivity contribution in [3.63, 3.8) is 0 Å². The van der Waals surface area contributed by atoms with E-state index in [4.69, 9.17) is 0 Å². The number of fused-ring (bicyclic) bond motifs is 1. The Morgan fingerprint density at radius 1 is 0.667 bits per heavy atom. The van der Waals surface area contributed by atoms with E-state index in [0.29, 0.717) is 33.4 Å². The second-order valence-corrected chi connectivity index (χ2v) is 12.9. The minimum Gasteiger partial charge on any atom is -0.312 e. The number of benzene rings is 3. The molecule has 0 saturated heterocycles. The minimum absolute atomic E-state index is 0. The van der Waals surface area contributed by atoms with Gasteiger partial charge in [-0.3, -0.25) is 29.8 Å². The number of rotatable bonds is 0. The van der Waals surface area contributed by atoms with Gasteiger partial charge < -0.3 is 9.80 Å². The van der Waals surface area contributed by atoms with Crippen LogP contribution in [0.25, 0.3) is 16.3 Å². The predicted molar refractivity (Wildman–Crippen MR) is 189 cm³/mol. The van der Waals surface area contributed by atoms with E-state index in [9.17, 15) is 19.2 Å². The summed E-state index contributed by atoms with van der Waals surface area (Å²) in [5.41, 5.74) is 3.93. The summed E-state index contributed by atoms with van der Waals surface area (Å²) in [6, 6.07) is 16.2. The van der Waals surface area contributed by atoms with Gasteiger partial charge in [-0.1, -0.05) is 71.2 Å². The van der Waals surface area contributed by atoms with Crippen molar-refractivity contribution in [1.82, 2.24) is 20.4 Å². The molecule has 2 N–H and O–H groups in total. The Hall–Kier alpha value is -4.14. The third kappa shape index (κ3) is 12.4. The van der Waals surface area contributed by atoms with Crippen LogP contribution in [0.5, 0.6) is 0 Å². The van der Waals surface area contributed by atoms with Gasteiger partial charge in [0.25, 0.3) is 23.6 Å². The van der Waals surface area contributed by atoms with Crippen molar-refractivity contribution in [2.24, 2.45) is 5.92 Å². The highest BCUT2D eigenvalue weighted by Gasteiger charge is 2.26. The lowest BCUT2D eigenvalue weighted by Crippen LogP contribution is -2.36. The first kappa shape index (κ1) is 40.9. The minimum atomic E-state index is -0.406. The number of amides is 4. The number of imide groups is 2. The lowest BCUT2D eigenvalue weighted by atomic mass is 9.92. The molecule has 0 spiro atoms. The van der Waals surface area contributed by atoms with Crippen LogP contribution < -0.4 is 10.6 Å². The zero-order valence-electron chi connectivity index (χ0n) is 28.5. The zero-order valence-corrected chi connectivity index (χ0v) is 28.5. The summed E-state index contributed by atoms with van der Waals surface area (Å²) in [5.74, 6) is -0.550. The van der Waals surface area contributed by atoms with E-state index in [2.05, 4.69) is 77.8 Å². The smallest absolute Gasteiger partial charge is 0.258 e. The molecule has 0 radical (unpaired) electrons. The Morgan fingerprint density at radius 2 is 1.00 bits per heavy atom. The lowest BCUT2D eigenvalue weighted by molar-refractivity contribution is -0.114. The Labute approximate surface area is 270 Å². The molecule has 3 aromatic carbocycles. The van der Waals surface area contributed by atoms with Crippen LogP contribution >= 0.6 is 0 Å². The van der Waals surface area contributed by atoms with Gasteiger partial charge in [0.1, 0.15) is 0 Å². The molecule has 2 aliphatic heterocycles. The number of nitrogens with one attached hydrogen (secondary N) is 2. The fourth-order valence-electron chi connectivity index (χ4n) is 3.57. The topological polar surface area (TPSA) is 98.8 Å². The van der Waals surface area contributed by atoms with Gasteiger partial charge in [0.15, 0.2) is 0 Å². The van der Waals surface area contributed by atoms with E-state index >= 15 is 0 Å². The van der Waals surface area contributed by atoms with Gasteiger partial charge in [0.05, 0.1) is 0 Å². The first-order valence-corrected chi connectivity index (χ1v) is 14.6. The van der Waals surface area contributed by atoms with Crippen LogP contribution in [0.3, 0.4) is 0 Å². The molecule has 2 aliphatic rings. The molecule has 3 aromatic rings. The first-order chi connectivity index (χ1) is 20.3. The second kappa shape index (κ2) is 18.0. The molecule has 0 bridgehead atoms. The van der Waals surface area contributed by atoms with E-state index in [0.717, 1.165) is 22.3 Å². The maximum atomic E-state index is 11.6. The van der Waals surface area contributed by atoms with Crippen molar-refractivity contribution in [1.29, 1.82) is 0 Å². The van der Waals surface area contributed by atoms with Crippen LogP contribution in [-0.4, -0.2) is 74.2 Å². The third-order valence-electron chi connectivity index (χ3n) is 6.28. The number of nitrogens with zero attached hydrogens (tertiary/aromatic N) is 2. The second-order valence-electron chi connectivity index (χ2n) is 12.9. The Balaban J connectivity index is 0.000000596. The van der Waals surface area contributed by atoms with Crippen molar-refractivity contribution < 1.29 is 19.2 Å². The maximum absolute atomic E-state index is 11.6. The highest BCUT2D eigenvalue weighted by atomic mass is 16.2. The van der Waals surface area contributed by atoms with Crippen LogP contribution in [-0.2, 0) is 4.79 Å². The SMILES string of the molecule is C.C=C1C(=O)NC(=O)c2cccc(C)c21.CC(C)C.CN(C)C.CN(C)C(C)(C)C.O=C1NC(=O)c2cccc3cccc1c23. The molecule has 246 valence electrons. The van der Waals surface area contributed by atoms with Crippen LogP contribution in [0, 0.1) is 12.8 Å². The van der Waals surface area contributed by atoms with Gasteiger partial charge in [-0.15, -0.1) is 0 Å². The summed E-state index contributed by atoms with van der Waals surface area (Å²) in [6.07, 6.45) is 0. The monoisotopic (exact) mass is 618 g/mol. The van der Waals surface area contributed by atoms with Crippen molar-refractivity contribution in [2.45, 2.75) is 61.4 Å². The van der Waals surface area contributed by atoms with Crippen LogP contribution in [0.2, 0.25) is 0 Å². The molecule has 5 rings (SSSR count). The first-order valence-electron chi connectivity index (χ1n) is 14.6. The number of carbonyl (C=O) groups is 4. The average molecular weight is 619 g/mol. The molecule has 0 aromatic heterocycles. The largest absolute Gasteiger partial charge is 0.312 e. The highest BCUT2D eigenvalue weighted by Crippen LogP contribution is 2.26. The molecule has 0 unspecified atom stereocenters. The summed E-state index contributed by atoms with van der Waals surface area (Å²) in [6.45, 7) is 18.6. The molecule has 45 heavy (non-hydrogen) atoms. The quantitative estimate of drug-likeness (QED) is 0.212. The normalized spacial score (nSPS) is 13.0. The van der Waals surface area contributed by atoms with Gasteiger partial charge in [-0.2, -0.15) is 0 Å². The van der Waals surface area contributed by atoms with Gasteiger partial charge in [-0.05, 0) is 98.0 Å². The van der Waals surface area contributed by atoms with Gasteiger partial charge in [-0.25, -0.2) is 0 Å². The molecular weight excluding hydrogens is 564 g/mol. The van der Waals surface area contributed by atoms with E-state index in [-0.39, 0.29) is 25.1 Å². The summed E-state index contributed by atoms with van der Waals surface area (Å²) < 4.78 is 0. The third-order valence-corrected chi connectivity index (χ3v) is 6.28. The maximum Gasteiger partial charge on any atom is 0.258 e. The molecule has 0 fully saturated rings. The number of carbonyl (C=O) groups excluding carboxylic acids is 4. The Kier molecular flexibility index (Phi) is 16.3. The molecule has 0 saturated carbocycles. The van der Waals surface area contributed by atoms with E-state index in [1.807, 2.05) is 63.3 Å². The molecular formula is C37H54N4O4. The van der Waals surface area contributed by atoms with Gasteiger partial charge in [0.2, 0.25) is 0 Å². The fourth-order valence-corrected chi connectivity index (χ4v) is 3.57. The zero-order chi connectivity index (χ0) is 33.9. The van der Waals surface area contributed by atoms with E-state index in [1.54, 1.807) is 24.3 Å². The van der Waals surface area contributed by atoms with Crippen molar-refractivity contribution in [3.05, 3.63) is 89.0 Å². The molecule has 0 atom stereocenters. The van der Waals surface area contributed by atoms with E-state index in [1.165, 1.54) is 0 Å². The summed E-state index contributed by atoms with van der Waals surface area (Å²) >= 11 is 0. The number of hydrogen-bond acceptors (Lipinski definition) is 6. The van der Waals surface area contributed by atoms with Crippen LogP contribution in [0.15, 0.2) is 61.2 Å². The van der Waals surface area contributed by atoms with Gasteiger partial charge in [0, 0.05) is 38.8 Å². The average Bonchev–Trinajstić information content (AvgIpc) is 2.90. The van der Waals surface area contributed by atoms with Crippen molar-refractivity contribution in [2.75, 3.05) is 35.2 Å². The van der Waals surface area contributed by atoms with Crippen LogP contribution in [0.1, 0.15) is 91.2 Å². The Morgan fingerprint density at radius 3 is 1.40 bits per heavy atom. The predicted octanol–water partition coefficient (Wildman–Crippen LogP) is 6.82. The van der Waals surface area contributed by atoms with Crippen molar-refractivity contribution in [3.8, 4) is 0 Å². The summed E-state index contributed by atoms with van der Waals surface area (Å²) in [7, 11) is 10.2. The summed E-state index contributed by atoms with van der Waals surface area (Å²) in [4.78, 5) is 50.0. The Bertz CT molecular complexity index is 1440. The highest BCUT2D eigenvalue weighted by molar-refractivity contribution is 6.30. The summed E-state index contributed by atoms with van der Waals surface area (Å²) in [5, 5.41) is 6.23. The number of aryl methyl sites for hydroxylation is 1. The van der Waals surface area contributed by atoms with E-state index < -0.39 is 5.91 Å². The lowest BCUT2D eigenvalue weighted by Gasteiger charge is -2.27. The van der Waals surface area contributed by atoms with Crippen molar-refractivity contribution >= 4 is 40.0 Å². The molecule has 0 aliphatic carbocycles.